The largest absolute Gasteiger partial charge is 0.339 e. The van der Waals surface area contributed by atoms with Gasteiger partial charge in [-0.15, -0.1) is 0 Å². The summed E-state index contributed by atoms with van der Waals surface area (Å²) in [5.41, 5.74) is 3.36. The monoisotopic (exact) mass is 357 g/mol. The lowest BCUT2D eigenvalue weighted by atomic mass is 9.88. The fraction of sp³-hybridized carbons (Fsp3) is 0.240. The van der Waals surface area contributed by atoms with Gasteiger partial charge in [0.05, 0.1) is 0 Å². The molecule has 1 amide bonds. The fourth-order valence-electron chi connectivity index (χ4n) is 3.53. The number of carbonyl (C=O) groups excluding carboxylic acids is 1. The molecule has 0 aromatic heterocycles. The molecule has 0 aliphatic heterocycles. The Hall–Kier alpha value is -2.87. The normalized spacial score (nSPS) is 10.7. The Morgan fingerprint density at radius 3 is 1.70 bits per heavy atom. The first-order valence-corrected chi connectivity index (χ1v) is 9.73. The van der Waals surface area contributed by atoms with Gasteiger partial charge in [-0.05, 0) is 36.1 Å². The van der Waals surface area contributed by atoms with Gasteiger partial charge in [-0.1, -0.05) is 85.8 Å². The van der Waals surface area contributed by atoms with E-state index in [1.165, 1.54) is 11.1 Å². The molecule has 0 fully saturated rings. The van der Waals surface area contributed by atoms with Crippen LogP contribution < -0.4 is 0 Å². The van der Waals surface area contributed by atoms with Crippen molar-refractivity contribution in [2.45, 2.75) is 25.7 Å². The molecule has 3 aromatic carbocycles. The number of amides is 1. The van der Waals surface area contributed by atoms with Gasteiger partial charge in [0, 0.05) is 24.6 Å². The molecular weight excluding hydrogens is 330 g/mol. The summed E-state index contributed by atoms with van der Waals surface area (Å²) in [7, 11) is 0. The highest BCUT2D eigenvalue weighted by atomic mass is 16.2. The maximum atomic E-state index is 12.9. The highest BCUT2D eigenvalue weighted by Gasteiger charge is 2.19. The van der Waals surface area contributed by atoms with Crippen molar-refractivity contribution in [1.29, 1.82) is 0 Å². The van der Waals surface area contributed by atoms with Crippen LogP contribution in [0.5, 0.6) is 0 Å². The van der Waals surface area contributed by atoms with Crippen molar-refractivity contribution in [1.82, 2.24) is 4.90 Å². The third-order valence-corrected chi connectivity index (χ3v) is 4.89. The van der Waals surface area contributed by atoms with Gasteiger partial charge in [-0.3, -0.25) is 4.79 Å². The molecule has 0 unspecified atom stereocenters. The standard InChI is InChI=1S/C25H27NO/c1-2-19-26(25(27)23-16-10-5-11-17-23)20-18-24(21-12-6-3-7-13-21)22-14-8-4-9-15-22/h3-17,24H,2,18-20H2,1H3. The Labute approximate surface area is 162 Å². The maximum Gasteiger partial charge on any atom is 0.253 e. The summed E-state index contributed by atoms with van der Waals surface area (Å²) in [6.07, 6.45) is 1.87. The first-order valence-electron chi connectivity index (χ1n) is 9.73. The van der Waals surface area contributed by atoms with E-state index in [-0.39, 0.29) is 11.8 Å². The van der Waals surface area contributed by atoms with Crippen LogP contribution in [0.3, 0.4) is 0 Å². The van der Waals surface area contributed by atoms with Gasteiger partial charge in [-0.25, -0.2) is 0 Å². The maximum absolute atomic E-state index is 12.9. The summed E-state index contributed by atoms with van der Waals surface area (Å²) in [5.74, 6) is 0.410. The van der Waals surface area contributed by atoms with Crippen molar-refractivity contribution >= 4 is 5.91 Å². The second-order valence-corrected chi connectivity index (χ2v) is 6.82. The van der Waals surface area contributed by atoms with Gasteiger partial charge in [0.1, 0.15) is 0 Å². The van der Waals surface area contributed by atoms with Gasteiger partial charge in [-0.2, -0.15) is 0 Å². The van der Waals surface area contributed by atoms with Crippen molar-refractivity contribution in [2.75, 3.05) is 13.1 Å². The van der Waals surface area contributed by atoms with Crippen molar-refractivity contribution in [2.24, 2.45) is 0 Å². The van der Waals surface area contributed by atoms with Crippen LogP contribution in [0.25, 0.3) is 0 Å². The van der Waals surface area contributed by atoms with Crippen LogP contribution in [0.15, 0.2) is 91.0 Å². The average molecular weight is 357 g/mol. The zero-order valence-corrected chi connectivity index (χ0v) is 15.9. The molecule has 0 radical (unpaired) electrons. The molecule has 2 heteroatoms. The zero-order valence-electron chi connectivity index (χ0n) is 15.9. The van der Waals surface area contributed by atoms with Crippen molar-refractivity contribution < 1.29 is 4.79 Å². The first-order chi connectivity index (χ1) is 13.3. The number of rotatable bonds is 8. The lowest BCUT2D eigenvalue weighted by Gasteiger charge is -2.26. The molecule has 0 aliphatic carbocycles. The molecule has 0 heterocycles. The third kappa shape index (κ3) is 5.07. The minimum absolute atomic E-state index is 0.123. The number of nitrogens with zero attached hydrogens (tertiary/aromatic N) is 1. The summed E-state index contributed by atoms with van der Waals surface area (Å²) in [6, 6.07) is 30.8. The molecule has 0 atom stereocenters. The van der Waals surface area contributed by atoms with Crippen LogP contribution in [0, 0.1) is 0 Å². The zero-order chi connectivity index (χ0) is 18.9. The van der Waals surface area contributed by atoms with E-state index >= 15 is 0 Å². The molecule has 27 heavy (non-hydrogen) atoms. The number of carbonyl (C=O) groups is 1. The Balaban J connectivity index is 1.79. The third-order valence-electron chi connectivity index (χ3n) is 4.89. The number of hydrogen-bond donors (Lipinski definition) is 0. The van der Waals surface area contributed by atoms with Crippen LogP contribution in [0.1, 0.15) is 47.2 Å². The van der Waals surface area contributed by atoms with Crippen LogP contribution in [0.2, 0.25) is 0 Å². The van der Waals surface area contributed by atoms with Gasteiger partial charge >= 0.3 is 0 Å². The highest BCUT2D eigenvalue weighted by molar-refractivity contribution is 5.94. The van der Waals surface area contributed by atoms with Crippen LogP contribution in [-0.4, -0.2) is 23.9 Å². The SMILES string of the molecule is CCCN(CCC(c1ccccc1)c1ccccc1)C(=O)c1ccccc1. The lowest BCUT2D eigenvalue weighted by molar-refractivity contribution is 0.0752. The second kappa shape index (κ2) is 9.72. The molecule has 3 aromatic rings. The Bertz CT molecular complexity index is 775. The average Bonchev–Trinajstić information content (AvgIpc) is 2.75. The van der Waals surface area contributed by atoms with E-state index in [2.05, 4.69) is 55.5 Å². The van der Waals surface area contributed by atoms with Crippen LogP contribution in [-0.2, 0) is 0 Å². The van der Waals surface area contributed by atoms with Gasteiger partial charge in [0.15, 0.2) is 0 Å². The summed E-state index contributed by atoms with van der Waals surface area (Å²) < 4.78 is 0. The highest BCUT2D eigenvalue weighted by Crippen LogP contribution is 2.28. The molecule has 0 N–H and O–H groups in total. The van der Waals surface area contributed by atoms with Gasteiger partial charge in [0.25, 0.3) is 5.91 Å². The summed E-state index contributed by atoms with van der Waals surface area (Å²) in [6.45, 7) is 3.65. The second-order valence-electron chi connectivity index (χ2n) is 6.82. The number of hydrogen-bond acceptors (Lipinski definition) is 1. The van der Waals surface area contributed by atoms with E-state index in [9.17, 15) is 4.79 Å². The van der Waals surface area contributed by atoms with Gasteiger partial charge in [0.2, 0.25) is 0 Å². The van der Waals surface area contributed by atoms with E-state index in [0.717, 1.165) is 31.5 Å². The van der Waals surface area contributed by atoms with Crippen LogP contribution >= 0.6 is 0 Å². The molecular formula is C25H27NO. The van der Waals surface area contributed by atoms with E-state index in [1.807, 2.05) is 47.4 Å². The Morgan fingerprint density at radius 1 is 0.741 bits per heavy atom. The summed E-state index contributed by atoms with van der Waals surface area (Å²) in [5, 5.41) is 0. The predicted octanol–water partition coefficient (Wildman–Crippen LogP) is 5.76. The Morgan fingerprint density at radius 2 is 1.22 bits per heavy atom. The van der Waals surface area contributed by atoms with Crippen molar-refractivity contribution in [3.63, 3.8) is 0 Å². The summed E-state index contributed by atoms with van der Waals surface area (Å²) >= 11 is 0. The first kappa shape index (κ1) is 18.9. The molecule has 2 nitrogen and oxygen atoms in total. The number of benzene rings is 3. The van der Waals surface area contributed by atoms with Crippen molar-refractivity contribution in [3.8, 4) is 0 Å². The minimum atomic E-state index is 0.123. The van der Waals surface area contributed by atoms with Crippen LogP contribution in [0.4, 0.5) is 0 Å². The van der Waals surface area contributed by atoms with E-state index in [0.29, 0.717) is 0 Å². The predicted molar refractivity (Wildman–Crippen MR) is 112 cm³/mol. The van der Waals surface area contributed by atoms with E-state index in [1.54, 1.807) is 0 Å². The quantitative estimate of drug-likeness (QED) is 0.502. The lowest BCUT2D eigenvalue weighted by Crippen LogP contribution is -2.33. The molecule has 3 rings (SSSR count). The molecule has 0 aliphatic rings. The molecule has 0 bridgehead atoms. The van der Waals surface area contributed by atoms with E-state index < -0.39 is 0 Å². The molecule has 0 spiro atoms. The minimum Gasteiger partial charge on any atom is -0.339 e. The Kier molecular flexibility index (Phi) is 6.81. The molecule has 0 saturated carbocycles. The topological polar surface area (TPSA) is 20.3 Å². The smallest absolute Gasteiger partial charge is 0.253 e. The molecule has 138 valence electrons. The summed E-state index contributed by atoms with van der Waals surface area (Å²) in [4.78, 5) is 14.9. The van der Waals surface area contributed by atoms with E-state index in [4.69, 9.17) is 0 Å². The van der Waals surface area contributed by atoms with Gasteiger partial charge < -0.3 is 4.90 Å². The van der Waals surface area contributed by atoms with Crippen molar-refractivity contribution in [3.05, 3.63) is 108 Å². The fourth-order valence-corrected chi connectivity index (χ4v) is 3.53. The molecule has 0 saturated heterocycles.